The number of carbonyl (C=O) groups excluding carboxylic acids is 2. The van der Waals surface area contributed by atoms with Gasteiger partial charge in [0, 0.05) is 38.8 Å². The minimum absolute atomic E-state index is 0.0472. The number of hydrogen-bond acceptors (Lipinski definition) is 4. The highest BCUT2D eigenvalue weighted by molar-refractivity contribution is 5.88. The molecule has 2 amide bonds. The highest BCUT2D eigenvalue weighted by Crippen LogP contribution is 2.30. The van der Waals surface area contributed by atoms with E-state index in [-0.39, 0.29) is 17.9 Å². The molecule has 32 heavy (non-hydrogen) atoms. The van der Waals surface area contributed by atoms with Crippen LogP contribution in [0.2, 0.25) is 0 Å². The van der Waals surface area contributed by atoms with Gasteiger partial charge in [-0.25, -0.2) is 0 Å². The van der Waals surface area contributed by atoms with Crippen molar-refractivity contribution in [1.82, 2.24) is 15.1 Å². The third kappa shape index (κ3) is 5.56. The van der Waals surface area contributed by atoms with Crippen molar-refractivity contribution in [2.75, 3.05) is 26.2 Å². The van der Waals surface area contributed by atoms with Crippen LogP contribution in [0.25, 0.3) is 0 Å². The lowest BCUT2D eigenvalue weighted by Crippen LogP contribution is -2.55. The standard InChI is InChI=1S/C26H34N4O2/c27-25(31)24(21-11-5-2-6-12-21)28-26(32)22-13-7-8-14-23(22)30-17-15-29(16-18-30)19-20-9-3-1-4-10-20/h1-6,9-12,22-24H,7-8,13-19H2,(H2,27,31)(H,28,32)/t22-,23-,24-/m0/s1. The summed E-state index contributed by atoms with van der Waals surface area (Å²) in [6.45, 7) is 4.93. The molecule has 6 nitrogen and oxygen atoms in total. The van der Waals surface area contributed by atoms with E-state index in [9.17, 15) is 9.59 Å². The third-order valence-corrected chi connectivity index (χ3v) is 6.90. The summed E-state index contributed by atoms with van der Waals surface area (Å²) < 4.78 is 0. The van der Waals surface area contributed by atoms with Crippen molar-refractivity contribution in [1.29, 1.82) is 0 Å². The summed E-state index contributed by atoms with van der Waals surface area (Å²) in [6.07, 6.45) is 4.09. The molecule has 2 fully saturated rings. The monoisotopic (exact) mass is 434 g/mol. The molecule has 0 radical (unpaired) electrons. The van der Waals surface area contributed by atoms with Gasteiger partial charge in [-0.3, -0.25) is 19.4 Å². The van der Waals surface area contributed by atoms with Crippen LogP contribution in [0.4, 0.5) is 0 Å². The molecule has 3 N–H and O–H groups in total. The lowest BCUT2D eigenvalue weighted by Gasteiger charge is -2.44. The molecular weight excluding hydrogens is 400 g/mol. The van der Waals surface area contributed by atoms with Crippen LogP contribution in [0.3, 0.4) is 0 Å². The average molecular weight is 435 g/mol. The molecule has 0 aromatic heterocycles. The number of carbonyl (C=O) groups is 2. The normalized spacial score (nSPS) is 23.4. The summed E-state index contributed by atoms with van der Waals surface area (Å²) in [4.78, 5) is 30.3. The van der Waals surface area contributed by atoms with Gasteiger partial charge in [-0.1, -0.05) is 73.5 Å². The molecule has 2 aliphatic rings. The molecule has 170 valence electrons. The molecule has 1 aliphatic carbocycles. The Morgan fingerprint density at radius 1 is 0.906 bits per heavy atom. The second-order valence-corrected chi connectivity index (χ2v) is 9.01. The molecule has 0 spiro atoms. The second-order valence-electron chi connectivity index (χ2n) is 9.01. The lowest BCUT2D eigenvalue weighted by atomic mass is 9.82. The van der Waals surface area contributed by atoms with E-state index in [2.05, 4.69) is 45.4 Å². The molecular formula is C26H34N4O2. The van der Waals surface area contributed by atoms with E-state index in [0.29, 0.717) is 0 Å². The Kier molecular flexibility index (Phi) is 7.55. The molecule has 1 saturated heterocycles. The zero-order chi connectivity index (χ0) is 22.3. The van der Waals surface area contributed by atoms with Crippen LogP contribution in [0.15, 0.2) is 60.7 Å². The number of nitrogens with one attached hydrogen (secondary N) is 1. The first kappa shape index (κ1) is 22.5. The molecule has 4 rings (SSSR count). The van der Waals surface area contributed by atoms with Gasteiger partial charge in [0.25, 0.3) is 0 Å². The van der Waals surface area contributed by atoms with Crippen molar-refractivity contribution >= 4 is 11.8 Å². The summed E-state index contributed by atoms with van der Waals surface area (Å²) in [5.41, 5.74) is 7.71. The van der Waals surface area contributed by atoms with Crippen LogP contribution < -0.4 is 11.1 Å². The van der Waals surface area contributed by atoms with Crippen LogP contribution in [0.1, 0.15) is 42.9 Å². The Bertz CT molecular complexity index is 881. The minimum Gasteiger partial charge on any atom is -0.368 e. The molecule has 6 heteroatoms. The van der Waals surface area contributed by atoms with E-state index in [0.717, 1.165) is 64.0 Å². The smallest absolute Gasteiger partial charge is 0.244 e. The maximum Gasteiger partial charge on any atom is 0.244 e. The Morgan fingerprint density at radius 3 is 2.19 bits per heavy atom. The summed E-state index contributed by atoms with van der Waals surface area (Å²) in [5.74, 6) is -0.671. The van der Waals surface area contributed by atoms with E-state index in [1.54, 1.807) is 0 Å². The number of nitrogens with two attached hydrogens (primary N) is 1. The maximum atomic E-state index is 13.3. The predicted octanol–water partition coefficient (Wildman–Crippen LogP) is 2.71. The summed E-state index contributed by atoms with van der Waals surface area (Å²) in [7, 11) is 0. The van der Waals surface area contributed by atoms with E-state index in [1.807, 2.05) is 30.3 Å². The molecule has 0 bridgehead atoms. The SMILES string of the molecule is NC(=O)[C@@H](NC(=O)[C@H]1CCCC[C@@H]1N1CCN(Cc2ccccc2)CC1)c1ccccc1. The minimum atomic E-state index is -0.783. The first-order chi connectivity index (χ1) is 15.6. The lowest BCUT2D eigenvalue weighted by molar-refractivity contribution is -0.133. The van der Waals surface area contributed by atoms with Gasteiger partial charge >= 0.3 is 0 Å². The number of nitrogens with zero attached hydrogens (tertiary/aromatic N) is 2. The van der Waals surface area contributed by atoms with Crippen molar-refractivity contribution in [2.24, 2.45) is 11.7 Å². The van der Waals surface area contributed by atoms with Crippen molar-refractivity contribution in [3.63, 3.8) is 0 Å². The van der Waals surface area contributed by atoms with Crippen molar-refractivity contribution < 1.29 is 9.59 Å². The van der Waals surface area contributed by atoms with Gasteiger partial charge in [0.2, 0.25) is 11.8 Å². The highest BCUT2D eigenvalue weighted by atomic mass is 16.2. The molecule has 1 heterocycles. The van der Waals surface area contributed by atoms with E-state index >= 15 is 0 Å². The molecule has 2 aromatic rings. The van der Waals surface area contributed by atoms with E-state index in [4.69, 9.17) is 5.73 Å². The quantitative estimate of drug-likeness (QED) is 0.702. The zero-order valence-corrected chi connectivity index (χ0v) is 18.7. The number of primary amides is 1. The largest absolute Gasteiger partial charge is 0.368 e. The van der Waals surface area contributed by atoms with Crippen LogP contribution in [0, 0.1) is 5.92 Å². The average Bonchev–Trinajstić information content (AvgIpc) is 2.84. The molecule has 1 saturated carbocycles. The first-order valence-corrected chi connectivity index (χ1v) is 11.8. The topological polar surface area (TPSA) is 78.7 Å². The predicted molar refractivity (Wildman–Crippen MR) is 126 cm³/mol. The fraction of sp³-hybridized carbons (Fsp3) is 0.462. The maximum absolute atomic E-state index is 13.3. The Balaban J connectivity index is 1.37. The van der Waals surface area contributed by atoms with E-state index in [1.165, 1.54) is 5.56 Å². The van der Waals surface area contributed by atoms with Gasteiger partial charge in [0.1, 0.15) is 6.04 Å². The summed E-state index contributed by atoms with van der Waals surface area (Å²) in [6, 6.07) is 19.3. The van der Waals surface area contributed by atoms with Gasteiger partial charge in [-0.15, -0.1) is 0 Å². The Morgan fingerprint density at radius 2 is 1.53 bits per heavy atom. The van der Waals surface area contributed by atoms with E-state index < -0.39 is 11.9 Å². The molecule has 1 aliphatic heterocycles. The Hall–Kier alpha value is -2.70. The second kappa shape index (κ2) is 10.7. The van der Waals surface area contributed by atoms with Crippen molar-refractivity contribution in [2.45, 2.75) is 44.3 Å². The molecule has 0 unspecified atom stereocenters. The van der Waals surface area contributed by atoms with Crippen LogP contribution >= 0.6 is 0 Å². The molecule has 3 atom stereocenters. The number of piperazine rings is 1. The van der Waals surface area contributed by atoms with Crippen LogP contribution in [-0.4, -0.2) is 53.8 Å². The zero-order valence-electron chi connectivity index (χ0n) is 18.7. The van der Waals surface area contributed by atoms with Crippen molar-refractivity contribution in [3.8, 4) is 0 Å². The first-order valence-electron chi connectivity index (χ1n) is 11.8. The van der Waals surface area contributed by atoms with Gasteiger partial charge in [0.15, 0.2) is 0 Å². The fourth-order valence-electron chi connectivity index (χ4n) is 5.16. The number of rotatable bonds is 7. The van der Waals surface area contributed by atoms with Crippen molar-refractivity contribution in [3.05, 3.63) is 71.8 Å². The number of hydrogen-bond donors (Lipinski definition) is 2. The van der Waals surface area contributed by atoms with Crippen LogP contribution in [0.5, 0.6) is 0 Å². The fourth-order valence-corrected chi connectivity index (χ4v) is 5.16. The van der Waals surface area contributed by atoms with Gasteiger partial charge < -0.3 is 11.1 Å². The van der Waals surface area contributed by atoms with Gasteiger partial charge in [-0.05, 0) is 24.0 Å². The Labute approximate surface area is 190 Å². The summed E-state index contributed by atoms with van der Waals surface area (Å²) in [5, 5.41) is 2.96. The summed E-state index contributed by atoms with van der Waals surface area (Å²) >= 11 is 0. The molecule has 2 aromatic carbocycles. The van der Waals surface area contributed by atoms with Gasteiger partial charge in [-0.2, -0.15) is 0 Å². The third-order valence-electron chi connectivity index (χ3n) is 6.90. The van der Waals surface area contributed by atoms with Crippen LogP contribution in [-0.2, 0) is 16.1 Å². The highest BCUT2D eigenvalue weighted by Gasteiger charge is 2.37. The number of amides is 2. The van der Waals surface area contributed by atoms with Gasteiger partial charge in [0.05, 0.1) is 5.92 Å². The number of benzene rings is 2.